The average molecular weight is 761 g/mol. The molecule has 2 aromatic carbocycles. The summed E-state index contributed by atoms with van der Waals surface area (Å²) in [6.07, 6.45) is -0.109. The first-order chi connectivity index (χ1) is 24.1. The normalized spacial score (nSPS) is 11.1. The molecule has 0 spiro atoms. The minimum Gasteiger partial charge on any atom is -0.495 e. The van der Waals surface area contributed by atoms with Crippen LogP contribution < -0.4 is 35.2 Å². The zero-order valence-corrected chi connectivity index (χ0v) is 31.5. The third-order valence-electron chi connectivity index (χ3n) is 6.58. The SMILES string of the molecule is C=CC(=O)Nc1cc(C(N)=O)ccc1N(C(=O)OC(C)(C)C)c1cc(N(C)C(=O)N(C(=O)OC(C)(C)C)c2c(Cl)c(OC)cc(OC)c2Cl)ncn1. The maximum Gasteiger partial charge on any atom is 0.423 e. The smallest absolute Gasteiger partial charge is 0.423 e. The molecule has 0 radical (unpaired) electrons. The van der Waals surface area contributed by atoms with E-state index >= 15 is 0 Å². The molecule has 3 N–H and O–H groups in total. The highest BCUT2D eigenvalue weighted by Gasteiger charge is 2.37. The van der Waals surface area contributed by atoms with Gasteiger partial charge in [-0.2, -0.15) is 4.90 Å². The van der Waals surface area contributed by atoms with Gasteiger partial charge in [0.25, 0.3) is 0 Å². The van der Waals surface area contributed by atoms with Gasteiger partial charge in [-0.15, -0.1) is 0 Å². The zero-order chi connectivity index (χ0) is 39.3. The second-order valence-corrected chi connectivity index (χ2v) is 13.5. The Bertz CT molecular complexity index is 1880. The number of urea groups is 1. The summed E-state index contributed by atoms with van der Waals surface area (Å²) in [6.45, 7) is 13.1. The number of anilines is 5. The molecular weight excluding hydrogens is 721 g/mol. The molecule has 6 amide bonds. The van der Waals surface area contributed by atoms with Crippen molar-refractivity contribution in [2.45, 2.75) is 52.7 Å². The van der Waals surface area contributed by atoms with Gasteiger partial charge >= 0.3 is 18.2 Å². The highest BCUT2D eigenvalue weighted by atomic mass is 35.5. The monoisotopic (exact) mass is 759 g/mol. The molecule has 0 aliphatic rings. The maximum absolute atomic E-state index is 14.3. The lowest BCUT2D eigenvalue weighted by atomic mass is 10.1. The minimum absolute atomic E-state index is 0.00880. The molecule has 278 valence electrons. The highest BCUT2D eigenvalue weighted by molar-refractivity contribution is 6.43. The number of primary amides is 1. The van der Waals surface area contributed by atoms with Gasteiger partial charge in [-0.05, 0) is 65.8 Å². The lowest BCUT2D eigenvalue weighted by Gasteiger charge is -2.31. The number of carbonyl (C=O) groups excluding carboxylic acids is 5. The first kappa shape index (κ1) is 40.8. The molecule has 1 aromatic heterocycles. The van der Waals surface area contributed by atoms with Crippen LogP contribution in [0.15, 0.2) is 49.3 Å². The third kappa shape index (κ3) is 9.58. The Hall–Kier alpha value is -5.61. The summed E-state index contributed by atoms with van der Waals surface area (Å²) in [6, 6.07) is 5.45. The maximum atomic E-state index is 14.3. The average Bonchev–Trinajstić information content (AvgIpc) is 3.05. The van der Waals surface area contributed by atoms with Crippen LogP contribution in [0.5, 0.6) is 11.5 Å². The molecule has 0 atom stereocenters. The van der Waals surface area contributed by atoms with E-state index in [1.807, 2.05) is 0 Å². The van der Waals surface area contributed by atoms with E-state index in [4.69, 9.17) is 47.9 Å². The summed E-state index contributed by atoms with van der Waals surface area (Å²) in [7, 11) is 3.91. The molecule has 0 saturated carbocycles. The van der Waals surface area contributed by atoms with E-state index in [9.17, 15) is 24.0 Å². The summed E-state index contributed by atoms with van der Waals surface area (Å²) in [5, 5.41) is 2.12. The van der Waals surface area contributed by atoms with Gasteiger partial charge in [0.05, 0.1) is 25.6 Å². The predicted octanol–water partition coefficient (Wildman–Crippen LogP) is 7.10. The molecule has 1 heterocycles. The van der Waals surface area contributed by atoms with E-state index < -0.39 is 41.2 Å². The van der Waals surface area contributed by atoms with E-state index in [2.05, 4.69) is 21.9 Å². The predicted molar refractivity (Wildman–Crippen MR) is 196 cm³/mol. The first-order valence-electron chi connectivity index (χ1n) is 15.3. The Morgan fingerprint density at radius 3 is 1.88 bits per heavy atom. The van der Waals surface area contributed by atoms with Gasteiger partial charge in [-0.1, -0.05) is 29.8 Å². The molecule has 0 aliphatic carbocycles. The molecule has 0 saturated heterocycles. The number of benzene rings is 2. The van der Waals surface area contributed by atoms with Gasteiger partial charge in [0.1, 0.15) is 56.4 Å². The van der Waals surface area contributed by atoms with Crippen molar-refractivity contribution in [2.24, 2.45) is 5.73 Å². The van der Waals surface area contributed by atoms with Crippen molar-refractivity contribution >= 4 is 81.9 Å². The van der Waals surface area contributed by atoms with Crippen molar-refractivity contribution in [3.8, 4) is 11.5 Å². The topological polar surface area (TPSA) is 196 Å². The number of amides is 6. The number of aromatic nitrogens is 2. The van der Waals surface area contributed by atoms with Crippen molar-refractivity contribution in [3.63, 3.8) is 0 Å². The second kappa shape index (κ2) is 16.2. The summed E-state index contributed by atoms with van der Waals surface area (Å²) < 4.78 is 21.9. The third-order valence-corrected chi connectivity index (χ3v) is 7.31. The van der Waals surface area contributed by atoms with Crippen LogP contribution in [0.3, 0.4) is 0 Å². The number of ether oxygens (including phenoxy) is 4. The van der Waals surface area contributed by atoms with Crippen LogP contribution in [0.1, 0.15) is 51.9 Å². The zero-order valence-electron chi connectivity index (χ0n) is 30.0. The van der Waals surface area contributed by atoms with Gasteiger partial charge in [-0.25, -0.2) is 29.3 Å². The van der Waals surface area contributed by atoms with E-state index in [1.54, 1.807) is 41.5 Å². The number of hydrogen-bond donors (Lipinski definition) is 2. The fourth-order valence-corrected chi connectivity index (χ4v) is 4.99. The Kier molecular flexibility index (Phi) is 12.7. The van der Waals surface area contributed by atoms with E-state index in [0.717, 1.165) is 22.2 Å². The molecule has 0 unspecified atom stereocenters. The largest absolute Gasteiger partial charge is 0.495 e. The fourth-order valence-electron chi connectivity index (χ4n) is 4.32. The van der Waals surface area contributed by atoms with Gasteiger partial charge in [-0.3, -0.25) is 14.5 Å². The van der Waals surface area contributed by atoms with Crippen LogP contribution in [-0.2, 0) is 14.3 Å². The number of carbonyl (C=O) groups is 5. The first-order valence-corrected chi connectivity index (χ1v) is 16.0. The molecule has 18 heteroatoms. The van der Waals surface area contributed by atoms with Crippen LogP contribution in [0.4, 0.5) is 43.1 Å². The van der Waals surface area contributed by atoms with Crippen molar-refractivity contribution < 1.29 is 42.9 Å². The molecule has 0 bridgehead atoms. The highest BCUT2D eigenvalue weighted by Crippen LogP contribution is 2.47. The van der Waals surface area contributed by atoms with Gasteiger partial charge in [0.15, 0.2) is 0 Å². The van der Waals surface area contributed by atoms with Crippen LogP contribution in [0.2, 0.25) is 10.0 Å². The molecule has 3 aromatic rings. The second-order valence-electron chi connectivity index (χ2n) is 12.8. The van der Waals surface area contributed by atoms with Crippen LogP contribution in [-0.4, -0.2) is 72.5 Å². The number of nitrogens with one attached hydrogen (secondary N) is 1. The standard InChI is InChI=1S/C34H39Cl2N7O9/c1-11-25(44)40-19-14-18(29(37)45)12-13-20(19)42(31(47)51-33(2,3)4)24-16-23(38-17-39-24)41(8)30(46)43(32(48)52-34(5,6)7)28-26(35)21(49-9)15-22(50-10)27(28)36/h11-17H,1H2,2-10H3,(H2,37,45)(H,40,44). The van der Waals surface area contributed by atoms with Crippen LogP contribution >= 0.6 is 23.2 Å². The van der Waals surface area contributed by atoms with Crippen LogP contribution in [0.25, 0.3) is 0 Å². The molecular formula is C34H39Cl2N7O9. The molecule has 3 rings (SSSR count). The fraction of sp³-hybridized carbons (Fsp3) is 0.324. The Morgan fingerprint density at radius 2 is 1.38 bits per heavy atom. The van der Waals surface area contributed by atoms with E-state index in [1.165, 1.54) is 51.6 Å². The van der Waals surface area contributed by atoms with Crippen LogP contribution in [0, 0.1) is 0 Å². The molecule has 0 fully saturated rings. The number of imide groups is 1. The lowest BCUT2D eigenvalue weighted by Crippen LogP contribution is -2.48. The summed E-state index contributed by atoms with van der Waals surface area (Å²) in [5.74, 6) is -1.74. The van der Waals surface area contributed by atoms with Crippen molar-refractivity contribution in [2.75, 3.05) is 41.3 Å². The Balaban J connectivity index is 2.27. The number of nitrogens with zero attached hydrogens (tertiary/aromatic N) is 5. The Morgan fingerprint density at radius 1 is 0.846 bits per heavy atom. The summed E-state index contributed by atoms with van der Waals surface area (Å²) in [4.78, 5) is 77.3. The minimum atomic E-state index is -1.16. The summed E-state index contributed by atoms with van der Waals surface area (Å²) in [5.41, 5.74) is 3.04. The number of nitrogens with two attached hydrogens (primary N) is 1. The number of halogens is 2. The van der Waals surface area contributed by atoms with E-state index in [0.29, 0.717) is 4.90 Å². The van der Waals surface area contributed by atoms with Crippen molar-refractivity contribution in [3.05, 3.63) is 64.9 Å². The number of hydrogen-bond acceptors (Lipinski definition) is 11. The molecule has 16 nitrogen and oxygen atoms in total. The molecule has 0 aliphatic heterocycles. The summed E-state index contributed by atoms with van der Waals surface area (Å²) >= 11 is 13.3. The number of methoxy groups -OCH3 is 2. The van der Waals surface area contributed by atoms with Gasteiger partial charge < -0.3 is 30.0 Å². The van der Waals surface area contributed by atoms with Crippen molar-refractivity contribution in [1.82, 2.24) is 9.97 Å². The number of rotatable bonds is 9. The Labute approximate surface area is 310 Å². The van der Waals surface area contributed by atoms with Crippen molar-refractivity contribution in [1.29, 1.82) is 0 Å². The quantitative estimate of drug-likeness (QED) is 0.211. The molecule has 52 heavy (non-hydrogen) atoms. The van der Waals surface area contributed by atoms with Gasteiger partial charge in [0.2, 0.25) is 11.8 Å². The van der Waals surface area contributed by atoms with E-state index in [-0.39, 0.29) is 55.8 Å². The lowest BCUT2D eigenvalue weighted by molar-refractivity contribution is -0.111. The van der Waals surface area contributed by atoms with Gasteiger partial charge in [0, 0.05) is 24.7 Å².